The first-order valence-electron chi connectivity index (χ1n) is 4.69. The fourth-order valence-electron chi connectivity index (χ4n) is 1.35. The quantitative estimate of drug-likeness (QED) is 0.378. The highest BCUT2D eigenvalue weighted by Crippen LogP contribution is 2.19. The minimum atomic E-state index is -0.329. The van der Waals surface area contributed by atoms with Gasteiger partial charge in [-0.3, -0.25) is 14.5 Å². The maximum absolute atomic E-state index is 11.6. The van der Waals surface area contributed by atoms with Gasteiger partial charge in [0.05, 0.1) is 6.54 Å². The molecule has 1 heterocycles. The lowest BCUT2D eigenvalue weighted by molar-refractivity contribution is -0.137. The Kier molecular flexibility index (Phi) is 3.52. The van der Waals surface area contributed by atoms with Crippen LogP contribution < -0.4 is 0 Å². The summed E-state index contributed by atoms with van der Waals surface area (Å²) in [6.45, 7) is 3.95. The molecule has 15 heavy (non-hydrogen) atoms. The number of isocyanates is 1. The number of rotatable bonds is 4. The lowest BCUT2D eigenvalue weighted by Gasteiger charge is -2.13. The first-order chi connectivity index (χ1) is 7.07. The number of amides is 2. The summed E-state index contributed by atoms with van der Waals surface area (Å²) < 4.78 is 0. The summed E-state index contributed by atoms with van der Waals surface area (Å²) in [5.41, 5.74) is 0.509. The molecule has 0 saturated carbocycles. The first-order valence-corrected chi connectivity index (χ1v) is 4.69. The molecule has 5 nitrogen and oxygen atoms in total. The van der Waals surface area contributed by atoms with Crippen molar-refractivity contribution in [1.82, 2.24) is 4.90 Å². The van der Waals surface area contributed by atoms with Gasteiger partial charge < -0.3 is 0 Å². The average molecular weight is 208 g/mol. The third-order valence-corrected chi connectivity index (χ3v) is 2.16. The Morgan fingerprint density at radius 2 is 2.13 bits per heavy atom. The normalized spacial score (nSPS) is 15.7. The van der Waals surface area contributed by atoms with E-state index in [0.717, 1.165) is 4.90 Å². The van der Waals surface area contributed by atoms with Crippen molar-refractivity contribution in [3.63, 3.8) is 0 Å². The predicted octanol–water partition coefficient (Wildman–Crippen LogP) is 0.273. The largest absolute Gasteiger partial charge is 0.273 e. The highest BCUT2D eigenvalue weighted by molar-refractivity contribution is 6.16. The molecule has 0 aromatic heterocycles. The van der Waals surface area contributed by atoms with E-state index in [0.29, 0.717) is 5.57 Å². The molecule has 2 amide bonds. The molecular formula is C10H12N2O3. The highest BCUT2D eigenvalue weighted by Gasteiger charge is 2.31. The fourth-order valence-corrected chi connectivity index (χ4v) is 1.35. The Bertz CT molecular complexity index is 365. The van der Waals surface area contributed by atoms with Crippen LogP contribution in [0.25, 0.3) is 0 Å². The van der Waals surface area contributed by atoms with Crippen LogP contribution in [0.15, 0.2) is 16.6 Å². The number of hydrogen-bond acceptors (Lipinski definition) is 4. The van der Waals surface area contributed by atoms with Gasteiger partial charge in [0.25, 0.3) is 11.8 Å². The molecule has 0 aromatic carbocycles. The second-order valence-corrected chi connectivity index (χ2v) is 3.52. The predicted molar refractivity (Wildman–Crippen MR) is 52.6 cm³/mol. The lowest BCUT2D eigenvalue weighted by Crippen LogP contribution is -2.33. The van der Waals surface area contributed by atoms with Crippen molar-refractivity contribution in [3.05, 3.63) is 11.6 Å². The SMILES string of the molecule is CC(C)C1=CC(=O)N(CCN=C=O)C1=O. The molecule has 0 spiro atoms. The summed E-state index contributed by atoms with van der Waals surface area (Å²) in [5.74, 6) is -0.582. The molecule has 1 aliphatic heterocycles. The molecular weight excluding hydrogens is 196 g/mol. The zero-order valence-electron chi connectivity index (χ0n) is 8.69. The Hall–Kier alpha value is -1.74. The van der Waals surface area contributed by atoms with Gasteiger partial charge in [-0.2, -0.15) is 0 Å². The summed E-state index contributed by atoms with van der Waals surface area (Å²) in [4.78, 5) is 37.2. The van der Waals surface area contributed by atoms with Gasteiger partial charge in [0.2, 0.25) is 6.08 Å². The minimum absolute atomic E-state index is 0.0287. The maximum Gasteiger partial charge on any atom is 0.257 e. The minimum Gasteiger partial charge on any atom is -0.273 e. The number of carbonyl (C=O) groups is 2. The van der Waals surface area contributed by atoms with Crippen molar-refractivity contribution in [1.29, 1.82) is 0 Å². The number of imide groups is 1. The summed E-state index contributed by atoms with van der Waals surface area (Å²) in [7, 11) is 0. The van der Waals surface area contributed by atoms with Gasteiger partial charge in [0.15, 0.2) is 0 Å². The van der Waals surface area contributed by atoms with Gasteiger partial charge in [-0.25, -0.2) is 9.79 Å². The standard InChI is InChI=1S/C10H12N2O3/c1-7(2)8-5-9(14)12(10(8)15)4-3-11-6-13/h5,7H,3-4H2,1-2H3. The molecule has 0 bridgehead atoms. The zero-order valence-corrected chi connectivity index (χ0v) is 8.69. The third kappa shape index (κ3) is 2.39. The van der Waals surface area contributed by atoms with Crippen molar-refractivity contribution in [3.8, 4) is 0 Å². The van der Waals surface area contributed by atoms with Crippen molar-refractivity contribution in [2.75, 3.05) is 13.1 Å². The van der Waals surface area contributed by atoms with E-state index >= 15 is 0 Å². The number of aliphatic imine (C=N–C) groups is 1. The molecule has 0 fully saturated rings. The van der Waals surface area contributed by atoms with E-state index in [1.54, 1.807) is 0 Å². The van der Waals surface area contributed by atoms with Crippen molar-refractivity contribution in [2.45, 2.75) is 13.8 Å². The zero-order chi connectivity index (χ0) is 11.4. The summed E-state index contributed by atoms with van der Waals surface area (Å²) in [6, 6.07) is 0. The van der Waals surface area contributed by atoms with Crippen LogP contribution in [0.4, 0.5) is 0 Å². The van der Waals surface area contributed by atoms with Crippen LogP contribution in [0.5, 0.6) is 0 Å². The van der Waals surface area contributed by atoms with Crippen LogP contribution in [0.2, 0.25) is 0 Å². The molecule has 0 aliphatic carbocycles. The smallest absolute Gasteiger partial charge is 0.257 e. The molecule has 0 radical (unpaired) electrons. The third-order valence-electron chi connectivity index (χ3n) is 2.16. The average Bonchev–Trinajstić information content (AvgIpc) is 2.45. The van der Waals surface area contributed by atoms with E-state index in [2.05, 4.69) is 4.99 Å². The van der Waals surface area contributed by atoms with E-state index < -0.39 is 0 Å². The summed E-state index contributed by atoms with van der Waals surface area (Å²) in [6.07, 6.45) is 2.71. The Morgan fingerprint density at radius 3 is 2.60 bits per heavy atom. The number of carbonyl (C=O) groups excluding carboxylic acids is 3. The van der Waals surface area contributed by atoms with Gasteiger partial charge in [-0.15, -0.1) is 0 Å². The van der Waals surface area contributed by atoms with Gasteiger partial charge >= 0.3 is 0 Å². The molecule has 0 N–H and O–H groups in total. The van der Waals surface area contributed by atoms with Crippen LogP contribution in [0.3, 0.4) is 0 Å². The lowest BCUT2D eigenvalue weighted by atomic mass is 10.0. The Balaban J connectivity index is 2.69. The van der Waals surface area contributed by atoms with Crippen molar-refractivity contribution in [2.24, 2.45) is 10.9 Å². The molecule has 1 rings (SSSR count). The molecule has 0 unspecified atom stereocenters. The fraction of sp³-hybridized carbons (Fsp3) is 0.500. The van der Waals surface area contributed by atoms with E-state index in [1.165, 1.54) is 12.2 Å². The second kappa shape index (κ2) is 4.66. The van der Waals surface area contributed by atoms with Crippen LogP contribution in [-0.4, -0.2) is 35.9 Å². The van der Waals surface area contributed by atoms with Gasteiger partial charge in [0, 0.05) is 18.2 Å². The number of hydrogen-bond donors (Lipinski definition) is 0. The summed E-state index contributed by atoms with van der Waals surface area (Å²) >= 11 is 0. The van der Waals surface area contributed by atoms with E-state index in [4.69, 9.17) is 0 Å². The maximum atomic E-state index is 11.6. The molecule has 0 aromatic rings. The molecule has 5 heteroatoms. The highest BCUT2D eigenvalue weighted by atomic mass is 16.2. The van der Waals surface area contributed by atoms with E-state index in [1.807, 2.05) is 13.8 Å². The molecule has 1 aliphatic rings. The van der Waals surface area contributed by atoms with Crippen LogP contribution in [0, 0.1) is 5.92 Å². The van der Waals surface area contributed by atoms with Crippen molar-refractivity contribution >= 4 is 17.9 Å². The van der Waals surface area contributed by atoms with Gasteiger partial charge in [-0.1, -0.05) is 13.8 Å². The van der Waals surface area contributed by atoms with Crippen LogP contribution in [-0.2, 0) is 14.4 Å². The monoisotopic (exact) mass is 208 g/mol. The number of nitrogens with zero attached hydrogens (tertiary/aromatic N) is 2. The molecule has 0 saturated heterocycles. The van der Waals surface area contributed by atoms with E-state index in [-0.39, 0.29) is 30.8 Å². The van der Waals surface area contributed by atoms with Gasteiger partial charge in [0.1, 0.15) is 0 Å². The molecule has 80 valence electrons. The van der Waals surface area contributed by atoms with Crippen molar-refractivity contribution < 1.29 is 14.4 Å². The van der Waals surface area contributed by atoms with E-state index in [9.17, 15) is 14.4 Å². The van der Waals surface area contributed by atoms with Crippen LogP contribution in [0.1, 0.15) is 13.8 Å². The van der Waals surface area contributed by atoms with Gasteiger partial charge in [-0.05, 0) is 5.92 Å². The first kappa shape index (κ1) is 11.3. The molecule has 0 atom stereocenters. The second-order valence-electron chi connectivity index (χ2n) is 3.52. The Morgan fingerprint density at radius 1 is 1.47 bits per heavy atom. The van der Waals surface area contributed by atoms with Crippen LogP contribution >= 0.6 is 0 Å². The topological polar surface area (TPSA) is 66.8 Å². The summed E-state index contributed by atoms with van der Waals surface area (Å²) in [5, 5.41) is 0. The Labute approximate surface area is 87.5 Å².